The minimum atomic E-state index is -0.449. The fourth-order valence-electron chi connectivity index (χ4n) is 2.45. The molecular weight excluding hydrogens is 242 g/mol. The molecule has 0 radical (unpaired) electrons. The predicted octanol–water partition coefficient (Wildman–Crippen LogP) is 2.31. The second kappa shape index (κ2) is 5.04. The number of likely N-dealkylation sites (tertiary alicyclic amines) is 1. The third-order valence-electron chi connectivity index (χ3n) is 3.59. The predicted molar refractivity (Wildman–Crippen MR) is 69.5 cm³/mol. The van der Waals surface area contributed by atoms with E-state index < -0.39 is 5.41 Å². The van der Waals surface area contributed by atoms with E-state index in [0.29, 0.717) is 36.9 Å². The monoisotopic (exact) mass is 261 g/mol. The molecule has 5 nitrogen and oxygen atoms in total. The van der Waals surface area contributed by atoms with Crippen LogP contribution in [0.4, 0.5) is 0 Å². The lowest BCUT2D eigenvalue weighted by molar-refractivity contribution is 0.0595. The highest BCUT2D eigenvalue weighted by Crippen LogP contribution is 2.29. The lowest BCUT2D eigenvalue weighted by Gasteiger charge is -2.35. The number of piperidine rings is 1. The summed E-state index contributed by atoms with van der Waals surface area (Å²) in [6.07, 6.45) is 2.36. The van der Waals surface area contributed by atoms with Crippen LogP contribution in [0, 0.1) is 23.7 Å². The van der Waals surface area contributed by atoms with Crippen molar-refractivity contribution in [2.45, 2.75) is 40.0 Å². The van der Waals surface area contributed by atoms with Gasteiger partial charge in [-0.2, -0.15) is 5.26 Å². The molecule has 1 amide bonds. The highest BCUT2D eigenvalue weighted by Gasteiger charge is 2.35. The van der Waals surface area contributed by atoms with Crippen LogP contribution >= 0.6 is 0 Å². The van der Waals surface area contributed by atoms with Crippen molar-refractivity contribution < 1.29 is 9.21 Å². The van der Waals surface area contributed by atoms with Crippen molar-refractivity contribution >= 4 is 5.91 Å². The molecule has 0 N–H and O–H groups in total. The van der Waals surface area contributed by atoms with Crippen LogP contribution in [0.3, 0.4) is 0 Å². The van der Waals surface area contributed by atoms with Gasteiger partial charge in [0.05, 0.1) is 17.2 Å². The van der Waals surface area contributed by atoms with Gasteiger partial charge in [-0.3, -0.25) is 4.79 Å². The number of carbonyl (C=O) groups excluding carboxylic acids is 1. The van der Waals surface area contributed by atoms with Gasteiger partial charge in [0, 0.05) is 19.5 Å². The van der Waals surface area contributed by atoms with E-state index in [-0.39, 0.29) is 5.91 Å². The first-order valence-corrected chi connectivity index (χ1v) is 6.66. The van der Waals surface area contributed by atoms with Gasteiger partial charge in [0.15, 0.2) is 5.89 Å². The first-order chi connectivity index (χ1) is 8.99. The van der Waals surface area contributed by atoms with Gasteiger partial charge >= 0.3 is 0 Å². The van der Waals surface area contributed by atoms with Crippen molar-refractivity contribution in [1.29, 1.82) is 5.26 Å². The van der Waals surface area contributed by atoms with Gasteiger partial charge in [0.2, 0.25) is 5.76 Å². The summed E-state index contributed by atoms with van der Waals surface area (Å²) in [6, 6.07) is 2.31. The second-order valence-electron chi connectivity index (χ2n) is 5.38. The van der Waals surface area contributed by atoms with E-state index in [4.69, 9.17) is 4.42 Å². The Morgan fingerprint density at radius 3 is 2.95 bits per heavy atom. The van der Waals surface area contributed by atoms with Gasteiger partial charge in [-0.25, -0.2) is 4.98 Å². The van der Waals surface area contributed by atoms with E-state index in [2.05, 4.69) is 11.1 Å². The Morgan fingerprint density at radius 2 is 2.37 bits per heavy atom. The van der Waals surface area contributed by atoms with Crippen LogP contribution in [0.5, 0.6) is 0 Å². The highest BCUT2D eigenvalue weighted by molar-refractivity contribution is 5.92. The third-order valence-corrected chi connectivity index (χ3v) is 3.59. The number of oxazole rings is 1. The lowest BCUT2D eigenvalue weighted by Crippen LogP contribution is -2.44. The molecule has 1 fully saturated rings. The molecule has 1 aliphatic heterocycles. The van der Waals surface area contributed by atoms with Crippen LogP contribution in [-0.4, -0.2) is 28.9 Å². The maximum Gasteiger partial charge on any atom is 0.291 e. The Morgan fingerprint density at radius 1 is 1.63 bits per heavy atom. The summed E-state index contributed by atoms with van der Waals surface area (Å²) in [5, 5.41) is 9.19. The van der Waals surface area contributed by atoms with E-state index >= 15 is 0 Å². The van der Waals surface area contributed by atoms with E-state index in [0.717, 1.165) is 12.8 Å². The minimum absolute atomic E-state index is 0.147. The molecule has 102 valence electrons. The van der Waals surface area contributed by atoms with Crippen LogP contribution in [0.1, 0.15) is 48.8 Å². The average molecular weight is 261 g/mol. The molecule has 19 heavy (non-hydrogen) atoms. The Balaban J connectivity index is 2.20. The zero-order valence-corrected chi connectivity index (χ0v) is 11.7. The molecule has 2 heterocycles. The highest BCUT2D eigenvalue weighted by atomic mass is 16.4. The van der Waals surface area contributed by atoms with Crippen LogP contribution in [0.25, 0.3) is 0 Å². The number of aryl methyl sites for hydroxylation is 2. The molecule has 0 unspecified atom stereocenters. The topological polar surface area (TPSA) is 70.1 Å². The van der Waals surface area contributed by atoms with Gasteiger partial charge in [-0.05, 0) is 26.7 Å². The summed E-state index contributed by atoms with van der Waals surface area (Å²) in [6.45, 7) is 6.76. The molecule has 1 aromatic rings. The zero-order chi connectivity index (χ0) is 14.0. The second-order valence-corrected chi connectivity index (χ2v) is 5.38. The number of aromatic nitrogens is 1. The van der Waals surface area contributed by atoms with E-state index in [1.807, 2.05) is 13.8 Å². The van der Waals surface area contributed by atoms with Crippen LogP contribution in [0.15, 0.2) is 4.42 Å². The molecule has 0 aliphatic carbocycles. The van der Waals surface area contributed by atoms with Gasteiger partial charge in [0.25, 0.3) is 5.91 Å². The number of nitrogens with zero attached hydrogens (tertiary/aromatic N) is 3. The van der Waals surface area contributed by atoms with E-state index in [1.165, 1.54) is 0 Å². The fraction of sp³-hybridized carbons (Fsp3) is 0.643. The van der Waals surface area contributed by atoms with Crippen molar-refractivity contribution in [3.05, 3.63) is 17.3 Å². The average Bonchev–Trinajstić information content (AvgIpc) is 2.79. The number of carbonyl (C=O) groups is 1. The van der Waals surface area contributed by atoms with Crippen molar-refractivity contribution in [3.8, 4) is 6.07 Å². The first-order valence-electron chi connectivity index (χ1n) is 6.66. The lowest BCUT2D eigenvalue weighted by atomic mass is 9.83. The number of hydrogen-bond acceptors (Lipinski definition) is 4. The molecule has 2 rings (SSSR count). The maximum absolute atomic E-state index is 12.4. The van der Waals surface area contributed by atoms with Gasteiger partial charge in [-0.15, -0.1) is 0 Å². The van der Waals surface area contributed by atoms with Crippen LogP contribution < -0.4 is 0 Å². The zero-order valence-electron chi connectivity index (χ0n) is 11.7. The molecule has 0 saturated carbocycles. The Kier molecular flexibility index (Phi) is 3.61. The third kappa shape index (κ3) is 2.62. The summed E-state index contributed by atoms with van der Waals surface area (Å²) in [4.78, 5) is 18.4. The largest absolute Gasteiger partial charge is 0.435 e. The number of amides is 1. The van der Waals surface area contributed by atoms with Gasteiger partial charge in [-0.1, -0.05) is 6.92 Å². The van der Waals surface area contributed by atoms with Crippen LogP contribution in [-0.2, 0) is 6.42 Å². The fourth-order valence-corrected chi connectivity index (χ4v) is 2.45. The molecular formula is C14H19N3O2. The van der Waals surface area contributed by atoms with Crippen molar-refractivity contribution in [1.82, 2.24) is 9.88 Å². The molecule has 0 spiro atoms. The number of hydrogen-bond donors (Lipinski definition) is 0. The molecule has 1 aromatic heterocycles. The molecule has 1 aliphatic rings. The van der Waals surface area contributed by atoms with Crippen molar-refractivity contribution in [2.24, 2.45) is 5.41 Å². The van der Waals surface area contributed by atoms with Crippen LogP contribution in [0.2, 0.25) is 0 Å². The molecule has 0 aromatic carbocycles. The minimum Gasteiger partial charge on any atom is -0.435 e. The summed E-state index contributed by atoms with van der Waals surface area (Å²) in [5.74, 6) is 0.755. The summed E-state index contributed by atoms with van der Waals surface area (Å²) >= 11 is 0. The molecule has 0 bridgehead atoms. The molecule has 1 atom stereocenters. The standard InChI is InChI=1S/C14H19N3O2/c1-4-11-16-10(2)12(19-11)13(18)17-7-5-6-14(3,8-15)9-17/h4-7,9H2,1-3H3/t14-/m0/s1. The molecule has 1 saturated heterocycles. The Bertz CT molecular complexity index is 529. The maximum atomic E-state index is 12.4. The van der Waals surface area contributed by atoms with E-state index in [1.54, 1.807) is 11.8 Å². The number of rotatable bonds is 2. The van der Waals surface area contributed by atoms with Gasteiger partial charge < -0.3 is 9.32 Å². The number of nitriles is 1. The quantitative estimate of drug-likeness (QED) is 0.819. The van der Waals surface area contributed by atoms with E-state index in [9.17, 15) is 10.1 Å². The van der Waals surface area contributed by atoms with Gasteiger partial charge in [0.1, 0.15) is 0 Å². The normalized spacial score (nSPS) is 23.2. The smallest absolute Gasteiger partial charge is 0.291 e. The Labute approximate surface area is 113 Å². The Hall–Kier alpha value is -1.83. The van der Waals surface area contributed by atoms with Crippen molar-refractivity contribution in [2.75, 3.05) is 13.1 Å². The first kappa shape index (κ1) is 13.6. The summed E-state index contributed by atoms with van der Waals surface area (Å²) < 4.78 is 5.50. The molecule has 5 heteroatoms. The van der Waals surface area contributed by atoms with Crippen molar-refractivity contribution in [3.63, 3.8) is 0 Å². The SMILES string of the molecule is CCc1nc(C)c(C(=O)N2CCC[C@@](C)(C#N)C2)o1. The summed E-state index contributed by atoms with van der Waals surface area (Å²) in [5.41, 5.74) is 0.182. The summed E-state index contributed by atoms with van der Waals surface area (Å²) in [7, 11) is 0.